The van der Waals surface area contributed by atoms with E-state index in [2.05, 4.69) is 127 Å². The lowest BCUT2D eigenvalue weighted by atomic mass is 9.84. The topological polar surface area (TPSA) is 39.4 Å². The van der Waals surface area contributed by atoms with Crippen molar-refractivity contribution in [3.8, 4) is 33.6 Å². The maximum atomic E-state index is 6.67. The molecule has 0 saturated heterocycles. The molecule has 0 atom stereocenters. The van der Waals surface area contributed by atoms with Crippen molar-refractivity contribution in [1.29, 1.82) is 0 Å². The fourth-order valence-corrected chi connectivity index (χ4v) is 7.99. The van der Waals surface area contributed by atoms with E-state index in [1.54, 1.807) is 0 Å². The van der Waals surface area contributed by atoms with Gasteiger partial charge in [0.1, 0.15) is 22.5 Å². The van der Waals surface area contributed by atoms with E-state index in [4.69, 9.17) is 13.3 Å². The highest BCUT2D eigenvalue weighted by Crippen LogP contribution is 2.49. The van der Waals surface area contributed by atoms with Gasteiger partial charge in [0, 0.05) is 43.6 Å². The summed E-state index contributed by atoms with van der Waals surface area (Å²) >= 11 is 0. The quantitative estimate of drug-likeness (QED) is 0.183. The van der Waals surface area contributed by atoms with Crippen LogP contribution in [0.15, 0.2) is 171 Å². The third kappa shape index (κ3) is 3.73. The van der Waals surface area contributed by atoms with Gasteiger partial charge in [-0.05, 0) is 56.9 Å². The zero-order valence-electron chi connectivity index (χ0n) is 26.2. The Kier molecular flexibility index (Phi) is 5.38. The van der Waals surface area contributed by atoms with Crippen LogP contribution in [-0.2, 0) is 0 Å². The van der Waals surface area contributed by atoms with Crippen LogP contribution in [0.4, 0.5) is 0 Å². The van der Waals surface area contributed by atoms with Crippen molar-refractivity contribution < 1.29 is 13.3 Å². The minimum Gasteiger partial charge on any atom is -0.455 e. The lowest BCUT2D eigenvalue weighted by molar-refractivity contribution is 0.611. The third-order valence-electron chi connectivity index (χ3n) is 10.1. The lowest BCUT2D eigenvalue weighted by Gasteiger charge is -2.18. The predicted molar refractivity (Wildman–Crippen MR) is 202 cm³/mol. The molecule has 0 aliphatic heterocycles. The molecule has 0 unspecified atom stereocenters. The van der Waals surface area contributed by atoms with E-state index in [9.17, 15) is 0 Å². The minimum absolute atomic E-state index is 0.766. The highest BCUT2D eigenvalue weighted by atomic mass is 16.4. The Labute approximate surface area is 280 Å². The van der Waals surface area contributed by atoms with Gasteiger partial charge >= 0.3 is 0 Å². The van der Waals surface area contributed by atoms with E-state index in [-0.39, 0.29) is 0 Å². The molecule has 228 valence electrons. The molecule has 3 heterocycles. The summed E-state index contributed by atoms with van der Waals surface area (Å²) in [5.41, 5.74) is 9.80. The molecular formula is C46H26O3. The van der Waals surface area contributed by atoms with Crippen molar-refractivity contribution in [2.24, 2.45) is 0 Å². The molecule has 11 rings (SSSR count). The lowest BCUT2D eigenvalue weighted by Crippen LogP contribution is -1.91. The fourth-order valence-electron chi connectivity index (χ4n) is 7.99. The van der Waals surface area contributed by atoms with Crippen LogP contribution >= 0.6 is 0 Å². The minimum atomic E-state index is 0.766. The molecule has 0 radical (unpaired) electrons. The van der Waals surface area contributed by atoms with Crippen molar-refractivity contribution in [3.05, 3.63) is 158 Å². The van der Waals surface area contributed by atoms with Crippen molar-refractivity contribution in [2.75, 3.05) is 0 Å². The predicted octanol–water partition coefficient (Wildman–Crippen LogP) is 13.5. The second-order valence-electron chi connectivity index (χ2n) is 12.7. The van der Waals surface area contributed by atoms with Gasteiger partial charge in [-0.3, -0.25) is 0 Å². The molecular weight excluding hydrogens is 601 g/mol. The highest BCUT2D eigenvalue weighted by Gasteiger charge is 2.23. The van der Waals surface area contributed by atoms with Crippen LogP contribution in [0.1, 0.15) is 0 Å². The summed E-state index contributed by atoms with van der Waals surface area (Å²) < 4.78 is 19.8. The average molecular weight is 627 g/mol. The van der Waals surface area contributed by atoms with E-state index >= 15 is 0 Å². The molecule has 0 fully saturated rings. The Morgan fingerprint density at radius 1 is 0.327 bits per heavy atom. The zero-order valence-corrected chi connectivity index (χ0v) is 26.2. The number of hydrogen-bond acceptors (Lipinski definition) is 3. The molecule has 8 aromatic carbocycles. The van der Waals surface area contributed by atoms with Crippen LogP contribution in [0.3, 0.4) is 0 Å². The third-order valence-corrected chi connectivity index (χ3v) is 10.1. The van der Waals surface area contributed by atoms with E-state index in [0.717, 1.165) is 77.3 Å². The molecule has 0 saturated carbocycles. The summed E-state index contributed by atoms with van der Waals surface area (Å²) in [7, 11) is 0. The Morgan fingerprint density at radius 3 is 1.65 bits per heavy atom. The molecule has 0 amide bonds. The van der Waals surface area contributed by atoms with Crippen LogP contribution in [0, 0.1) is 0 Å². The SMILES string of the molecule is c1ccc(-c2cc3ccc4c(oc5cccc(-c6c7ccccc7c(-c7cccc8c7oc7ccccc78)c7ccccc67)c54)c3o2)cc1. The number of furan rings is 3. The Bertz CT molecular complexity index is 3040. The van der Waals surface area contributed by atoms with Gasteiger partial charge < -0.3 is 13.3 Å². The van der Waals surface area contributed by atoms with Crippen LogP contribution < -0.4 is 0 Å². The van der Waals surface area contributed by atoms with Crippen LogP contribution in [-0.4, -0.2) is 0 Å². The maximum Gasteiger partial charge on any atom is 0.178 e. The van der Waals surface area contributed by atoms with Gasteiger partial charge in [0.25, 0.3) is 0 Å². The highest BCUT2D eigenvalue weighted by molar-refractivity contribution is 6.28. The number of fused-ring (bicyclic) bond motifs is 10. The van der Waals surface area contributed by atoms with E-state index in [0.29, 0.717) is 0 Å². The van der Waals surface area contributed by atoms with Crippen molar-refractivity contribution in [2.45, 2.75) is 0 Å². The summed E-state index contributed by atoms with van der Waals surface area (Å²) in [6.07, 6.45) is 0. The Hall–Kier alpha value is -6.58. The first kappa shape index (κ1) is 26.5. The standard InChI is InChI=1S/C46H26O3/c1-2-12-27(13-3-1)40-26-28-24-25-37-43-35(20-11-23-39(43)48-46(37)44(28)49-40)41-30-15-4-6-17-32(30)42(33-18-7-5-16-31(33)41)36-21-10-19-34-29-14-8-9-22-38(29)47-45(34)36/h1-26H. The van der Waals surface area contributed by atoms with Crippen molar-refractivity contribution >= 4 is 76.4 Å². The van der Waals surface area contributed by atoms with Gasteiger partial charge in [-0.2, -0.15) is 0 Å². The first-order valence-corrected chi connectivity index (χ1v) is 16.6. The zero-order chi connectivity index (χ0) is 32.1. The molecule has 3 aromatic heterocycles. The van der Waals surface area contributed by atoms with Crippen LogP contribution in [0.25, 0.3) is 110 Å². The molecule has 0 aliphatic rings. The van der Waals surface area contributed by atoms with E-state index in [1.807, 2.05) is 30.3 Å². The first-order chi connectivity index (χ1) is 24.3. The molecule has 0 N–H and O–H groups in total. The van der Waals surface area contributed by atoms with Gasteiger partial charge in [0.15, 0.2) is 11.2 Å². The summed E-state index contributed by atoms with van der Waals surface area (Å²) in [5.74, 6) is 0.829. The molecule has 3 nitrogen and oxygen atoms in total. The molecule has 0 bridgehead atoms. The summed E-state index contributed by atoms with van der Waals surface area (Å²) in [5, 5.41) is 10.1. The second-order valence-corrected chi connectivity index (χ2v) is 12.7. The molecule has 3 heteroatoms. The summed E-state index contributed by atoms with van der Waals surface area (Å²) in [6, 6.07) is 55.3. The first-order valence-electron chi connectivity index (χ1n) is 16.6. The Morgan fingerprint density at radius 2 is 0.898 bits per heavy atom. The van der Waals surface area contributed by atoms with Gasteiger partial charge in [0.2, 0.25) is 0 Å². The monoisotopic (exact) mass is 626 g/mol. The number of para-hydroxylation sites is 2. The fraction of sp³-hybridized carbons (Fsp3) is 0. The van der Waals surface area contributed by atoms with Crippen LogP contribution in [0.5, 0.6) is 0 Å². The van der Waals surface area contributed by atoms with E-state index < -0.39 is 0 Å². The maximum absolute atomic E-state index is 6.67. The molecule has 49 heavy (non-hydrogen) atoms. The van der Waals surface area contributed by atoms with Gasteiger partial charge in [-0.1, -0.05) is 133 Å². The molecule has 11 aromatic rings. The average Bonchev–Trinajstić information content (AvgIpc) is 3.88. The van der Waals surface area contributed by atoms with Crippen molar-refractivity contribution in [1.82, 2.24) is 0 Å². The number of rotatable bonds is 3. The van der Waals surface area contributed by atoms with Gasteiger partial charge in [-0.15, -0.1) is 0 Å². The summed E-state index contributed by atoms with van der Waals surface area (Å²) in [6.45, 7) is 0. The second kappa shape index (κ2) is 9.96. The van der Waals surface area contributed by atoms with Crippen LogP contribution in [0.2, 0.25) is 0 Å². The molecule has 0 spiro atoms. The Balaban J connectivity index is 1.23. The normalized spacial score (nSPS) is 12.1. The van der Waals surface area contributed by atoms with E-state index in [1.165, 1.54) is 32.7 Å². The molecule has 0 aliphatic carbocycles. The number of benzene rings is 8. The summed E-state index contributed by atoms with van der Waals surface area (Å²) in [4.78, 5) is 0. The van der Waals surface area contributed by atoms with Gasteiger partial charge in [0.05, 0.1) is 0 Å². The van der Waals surface area contributed by atoms with Crippen molar-refractivity contribution in [3.63, 3.8) is 0 Å². The largest absolute Gasteiger partial charge is 0.455 e. The number of hydrogen-bond donors (Lipinski definition) is 0. The smallest absolute Gasteiger partial charge is 0.178 e. The van der Waals surface area contributed by atoms with Gasteiger partial charge in [-0.25, -0.2) is 0 Å².